The van der Waals surface area contributed by atoms with Gasteiger partial charge >= 0.3 is 0 Å². The summed E-state index contributed by atoms with van der Waals surface area (Å²) in [5, 5.41) is 8.65. The molecule has 1 heterocycles. The largest absolute Gasteiger partial charge is 0.493 e. The van der Waals surface area contributed by atoms with Crippen LogP contribution in [0, 0.1) is 0 Å². The minimum atomic E-state index is -0.490. The van der Waals surface area contributed by atoms with Crippen LogP contribution in [0.15, 0.2) is 47.7 Å². The third-order valence-electron chi connectivity index (χ3n) is 4.05. The number of benzene rings is 2. The van der Waals surface area contributed by atoms with Gasteiger partial charge in [0.2, 0.25) is 5.91 Å². The molecule has 0 radical (unpaired) electrons. The number of hydrogen-bond donors (Lipinski definition) is 3. The van der Waals surface area contributed by atoms with Gasteiger partial charge in [0.1, 0.15) is 5.75 Å². The van der Waals surface area contributed by atoms with Gasteiger partial charge in [-0.2, -0.15) is 0 Å². The standard InChI is InChI=1S/C18H19N3O2S/c1-3-23-13-9-8-11-6-4-5-7-12(11)15(13)16-14(17(19)22)10(2)20-18(24)21-16/h4-9,16H,3H2,1-2H3,(H2,19,22)(H2,20,21,24)/t16-/m0/s1. The number of carbonyl (C=O) groups excluding carboxylic acids is 1. The Morgan fingerprint density at radius 1 is 1.29 bits per heavy atom. The smallest absolute Gasteiger partial charge is 0.248 e. The second kappa shape index (κ2) is 6.49. The van der Waals surface area contributed by atoms with Gasteiger partial charge in [0, 0.05) is 11.3 Å². The van der Waals surface area contributed by atoms with Crippen molar-refractivity contribution in [2.24, 2.45) is 5.73 Å². The van der Waals surface area contributed by atoms with Crippen molar-refractivity contribution in [1.29, 1.82) is 0 Å². The third-order valence-corrected chi connectivity index (χ3v) is 4.27. The zero-order valence-corrected chi connectivity index (χ0v) is 14.4. The molecule has 5 nitrogen and oxygen atoms in total. The van der Waals surface area contributed by atoms with E-state index in [2.05, 4.69) is 10.6 Å². The van der Waals surface area contributed by atoms with E-state index in [1.54, 1.807) is 6.92 Å². The summed E-state index contributed by atoms with van der Waals surface area (Å²) in [6.07, 6.45) is 0. The summed E-state index contributed by atoms with van der Waals surface area (Å²) in [5.74, 6) is 0.223. The summed E-state index contributed by atoms with van der Waals surface area (Å²) in [6, 6.07) is 11.4. The average molecular weight is 341 g/mol. The van der Waals surface area contributed by atoms with Gasteiger partial charge in [-0.3, -0.25) is 4.79 Å². The highest BCUT2D eigenvalue weighted by Gasteiger charge is 2.31. The van der Waals surface area contributed by atoms with Gasteiger partial charge in [0.05, 0.1) is 18.2 Å². The summed E-state index contributed by atoms with van der Waals surface area (Å²) in [7, 11) is 0. The molecule has 1 aliphatic rings. The van der Waals surface area contributed by atoms with Gasteiger partial charge in [0.15, 0.2) is 5.11 Å². The lowest BCUT2D eigenvalue weighted by Gasteiger charge is -2.31. The molecule has 2 aromatic carbocycles. The van der Waals surface area contributed by atoms with Crippen molar-refractivity contribution in [1.82, 2.24) is 10.6 Å². The van der Waals surface area contributed by atoms with Gasteiger partial charge in [-0.05, 0) is 42.9 Å². The van der Waals surface area contributed by atoms with Crippen molar-refractivity contribution >= 4 is 34.0 Å². The molecule has 0 spiro atoms. The summed E-state index contributed by atoms with van der Waals surface area (Å²) >= 11 is 5.28. The molecule has 6 heteroatoms. The van der Waals surface area contributed by atoms with Crippen LogP contribution in [0.1, 0.15) is 25.5 Å². The van der Waals surface area contributed by atoms with Crippen molar-refractivity contribution in [3.05, 3.63) is 53.2 Å². The molecule has 4 N–H and O–H groups in total. The number of carbonyl (C=O) groups is 1. The first-order valence-electron chi connectivity index (χ1n) is 7.75. The van der Waals surface area contributed by atoms with E-state index < -0.39 is 11.9 Å². The second-order valence-corrected chi connectivity index (χ2v) is 5.97. The van der Waals surface area contributed by atoms with Crippen molar-refractivity contribution in [3.63, 3.8) is 0 Å². The maximum atomic E-state index is 12.1. The number of fused-ring (bicyclic) bond motifs is 1. The van der Waals surface area contributed by atoms with Crippen LogP contribution in [-0.2, 0) is 4.79 Å². The van der Waals surface area contributed by atoms with Crippen LogP contribution < -0.4 is 21.1 Å². The third kappa shape index (κ3) is 2.80. The minimum absolute atomic E-state index is 0.455. The molecule has 0 aliphatic carbocycles. The number of primary amides is 1. The topological polar surface area (TPSA) is 76.4 Å². The van der Waals surface area contributed by atoms with E-state index in [0.717, 1.165) is 16.3 Å². The number of ether oxygens (including phenoxy) is 1. The maximum Gasteiger partial charge on any atom is 0.248 e. The molecule has 1 atom stereocenters. The maximum absolute atomic E-state index is 12.1. The molecule has 24 heavy (non-hydrogen) atoms. The molecule has 0 saturated carbocycles. The van der Waals surface area contributed by atoms with E-state index in [4.69, 9.17) is 22.7 Å². The van der Waals surface area contributed by atoms with Crippen LogP contribution in [0.3, 0.4) is 0 Å². The normalized spacial score (nSPS) is 17.4. The fourth-order valence-electron chi connectivity index (χ4n) is 3.09. The molecular weight excluding hydrogens is 322 g/mol. The van der Waals surface area contributed by atoms with Crippen LogP contribution in [0.4, 0.5) is 0 Å². The lowest BCUT2D eigenvalue weighted by molar-refractivity contribution is -0.115. The zero-order chi connectivity index (χ0) is 17.3. The van der Waals surface area contributed by atoms with E-state index in [1.807, 2.05) is 43.3 Å². The van der Waals surface area contributed by atoms with Gasteiger partial charge < -0.3 is 21.1 Å². The average Bonchev–Trinajstić information content (AvgIpc) is 2.53. The molecule has 1 amide bonds. The first-order valence-corrected chi connectivity index (χ1v) is 8.16. The predicted molar refractivity (Wildman–Crippen MR) is 98.6 cm³/mol. The number of allylic oxidation sites excluding steroid dienone is 1. The molecule has 2 aromatic rings. The van der Waals surface area contributed by atoms with Gasteiger partial charge in [-0.1, -0.05) is 30.3 Å². The Morgan fingerprint density at radius 3 is 2.75 bits per heavy atom. The number of hydrogen-bond acceptors (Lipinski definition) is 3. The van der Waals surface area contributed by atoms with E-state index in [-0.39, 0.29) is 0 Å². The van der Waals surface area contributed by atoms with Crippen LogP contribution in [0.25, 0.3) is 10.8 Å². The van der Waals surface area contributed by atoms with Gasteiger partial charge in [0.25, 0.3) is 0 Å². The summed E-state index contributed by atoms with van der Waals surface area (Å²) < 4.78 is 5.82. The summed E-state index contributed by atoms with van der Waals surface area (Å²) in [5.41, 5.74) is 7.62. The Bertz CT molecular complexity index is 860. The van der Waals surface area contributed by atoms with Crippen LogP contribution in [0.5, 0.6) is 5.75 Å². The van der Waals surface area contributed by atoms with Gasteiger partial charge in [-0.15, -0.1) is 0 Å². The molecule has 0 saturated heterocycles. The van der Waals surface area contributed by atoms with Crippen LogP contribution in [-0.4, -0.2) is 17.6 Å². The molecule has 0 aromatic heterocycles. The molecular formula is C18H19N3O2S. The van der Waals surface area contributed by atoms with Crippen molar-refractivity contribution < 1.29 is 9.53 Å². The molecule has 0 bridgehead atoms. The van der Waals surface area contributed by atoms with E-state index in [1.165, 1.54) is 0 Å². The predicted octanol–water partition coefficient (Wildman–Crippen LogP) is 2.52. The summed E-state index contributed by atoms with van der Waals surface area (Å²) in [6.45, 7) is 4.25. The number of amides is 1. The number of nitrogens with two attached hydrogens (primary N) is 1. The van der Waals surface area contributed by atoms with Crippen molar-refractivity contribution in [2.75, 3.05) is 6.61 Å². The number of nitrogens with one attached hydrogen (secondary N) is 2. The second-order valence-electron chi connectivity index (χ2n) is 5.57. The van der Waals surface area contributed by atoms with E-state index >= 15 is 0 Å². The van der Waals surface area contributed by atoms with Crippen LogP contribution in [0.2, 0.25) is 0 Å². The minimum Gasteiger partial charge on any atom is -0.493 e. The number of rotatable bonds is 4. The fourth-order valence-corrected chi connectivity index (χ4v) is 3.36. The molecule has 3 rings (SSSR count). The van der Waals surface area contributed by atoms with Crippen LogP contribution >= 0.6 is 12.2 Å². The first kappa shape index (κ1) is 16.3. The Morgan fingerprint density at radius 2 is 2.04 bits per heavy atom. The van der Waals surface area contributed by atoms with E-state index in [0.29, 0.717) is 28.7 Å². The lowest BCUT2D eigenvalue weighted by Crippen LogP contribution is -2.46. The first-order chi connectivity index (χ1) is 11.5. The van der Waals surface area contributed by atoms with Crippen molar-refractivity contribution in [3.8, 4) is 5.75 Å². The lowest BCUT2D eigenvalue weighted by atomic mass is 9.90. The Hall–Kier alpha value is -2.60. The highest BCUT2D eigenvalue weighted by molar-refractivity contribution is 7.80. The molecule has 0 unspecified atom stereocenters. The zero-order valence-electron chi connectivity index (χ0n) is 13.6. The fraction of sp³-hybridized carbons (Fsp3) is 0.222. The van der Waals surface area contributed by atoms with Gasteiger partial charge in [-0.25, -0.2) is 0 Å². The monoisotopic (exact) mass is 341 g/mol. The number of thiocarbonyl (C=S) groups is 1. The Balaban J connectivity index is 2.30. The summed E-state index contributed by atoms with van der Waals surface area (Å²) in [4.78, 5) is 12.1. The van der Waals surface area contributed by atoms with E-state index in [9.17, 15) is 4.79 Å². The Kier molecular flexibility index (Phi) is 4.40. The Labute approximate surface area is 145 Å². The molecule has 1 aliphatic heterocycles. The van der Waals surface area contributed by atoms with Crippen molar-refractivity contribution in [2.45, 2.75) is 19.9 Å². The SMILES string of the molecule is CCOc1ccc2ccccc2c1[C@H]1NC(=S)NC(C)=C1C(N)=O. The quantitative estimate of drug-likeness (QED) is 0.745. The highest BCUT2D eigenvalue weighted by atomic mass is 32.1. The molecule has 124 valence electrons. The highest BCUT2D eigenvalue weighted by Crippen LogP contribution is 2.38. The molecule has 0 fully saturated rings.